The number of carboxylic acid groups (broad SMARTS) is 2. The Kier molecular flexibility index (Phi) is 1.58. The van der Waals surface area contributed by atoms with Gasteiger partial charge in [-0.25, -0.2) is 0 Å². The molecule has 0 aromatic rings. The van der Waals surface area contributed by atoms with Gasteiger partial charge in [-0.1, -0.05) is 0 Å². The van der Waals surface area contributed by atoms with E-state index in [0.717, 1.165) is 0 Å². The van der Waals surface area contributed by atoms with Gasteiger partial charge in [-0.2, -0.15) is 0 Å². The zero-order valence-corrected chi connectivity index (χ0v) is 4.98. The van der Waals surface area contributed by atoms with E-state index < -0.39 is 24.0 Å². The largest absolute Gasteiger partial charge is 0.481 e. The van der Waals surface area contributed by atoms with Gasteiger partial charge >= 0.3 is 11.9 Å². The van der Waals surface area contributed by atoms with Crippen LogP contribution in [0.4, 0.5) is 0 Å². The number of hydrogen-bond donors (Lipinski definition) is 2. The topological polar surface area (TPSA) is 87.1 Å². The molecule has 1 rings (SSSR count). The van der Waals surface area contributed by atoms with E-state index in [9.17, 15) is 9.59 Å². The Morgan fingerprint density at radius 3 is 1.90 bits per heavy atom. The van der Waals surface area contributed by atoms with E-state index in [1.807, 2.05) is 0 Å². The number of aliphatic carboxylic acids is 2. The minimum atomic E-state index is -1.39. The SMILES string of the molecule is O=C(O)C(C(=O)O)C1CO1. The van der Waals surface area contributed by atoms with Crippen molar-refractivity contribution >= 4 is 11.9 Å². The summed E-state index contributed by atoms with van der Waals surface area (Å²) in [6.45, 7) is 0.239. The van der Waals surface area contributed by atoms with Crippen LogP contribution in [-0.2, 0) is 14.3 Å². The van der Waals surface area contributed by atoms with Crippen molar-refractivity contribution in [1.82, 2.24) is 0 Å². The number of epoxide rings is 1. The van der Waals surface area contributed by atoms with Gasteiger partial charge in [-0.3, -0.25) is 9.59 Å². The van der Waals surface area contributed by atoms with Gasteiger partial charge < -0.3 is 14.9 Å². The van der Waals surface area contributed by atoms with Crippen LogP contribution in [0.3, 0.4) is 0 Å². The van der Waals surface area contributed by atoms with Crippen LogP contribution in [0, 0.1) is 5.92 Å². The van der Waals surface area contributed by atoms with E-state index in [-0.39, 0.29) is 6.61 Å². The van der Waals surface area contributed by atoms with E-state index in [1.165, 1.54) is 0 Å². The number of rotatable bonds is 3. The quantitative estimate of drug-likeness (QED) is 0.401. The third kappa shape index (κ3) is 1.24. The lowest BCUT2D eigenvalue weighted by molar-refractivity contribution is -0.155. The van der Waals surface area contributed by atoms with E-state index in [0.29, 0.717) is 0 Å². The second-order valence-electron chi connectivity index (χ2n) is 2.03. The molecule has 5 nitrogen and oxygen atoms in total. The van der Waals surface area contributed by atoms with Gasteiger partial charge in [-0.15, -0.1) is 0 Å². The first-order chi connectivity index (χ1) is 4.63. The predicted molar refractivity (Wildman–Crippen MR) is 28.5 cm³/mol. The molecule has 1 atom stereocenters. The van der Waals surface area contributed by atoms with E-state index in [4.69, 9.17) is 10.2 Å². The van der Waals surface area contributed by atoms with Crippen molar-refractivity contribution in [3.63, 3.8) is 0 Å². The third-order valence-electron chi connectivity index (χ3n) is 1.26. The molecule has 56 valence electrons. The molecule has 0 bridgehead atoms. The highest BCUT2D eigenvalue weighted by Gasteiger charge is 2.43. The minimum Gasteiger partial charge on any atom is -0.481 e. The lowest BCUT2D eigenvalue weighted by Gasteiger charge is -2.00. The van der Waals surface area contributed by atoms with Crippen LogP contribution in [0.15, 0.2) is 0 Å². The fraction of sp³-hybridized carbons (Fsp3) is 0.600. The molecule has 10 heavy (non-hydrogen) atoms. The van der Waals surface area contributed by atoms with Crippen LogP contribution in [0.5, 0.6) is 0 Å². The highest BCUT2D eigenvalue weighted by Crippen LogP contribution is 2.20. The number of hydrogen-bond acceptors (Lipinski definition) is 3. The predicted octanol–water partition coefficient (Wildman–Crippen LogP) is -0.829. The normalized spacial score (nSPS) is 22.7. The monoisotopic (exact) mass is 146 g/mol. The highest BCUT2D eigenvalue weighted by molar-refractivity contribution is 5.93. The molecule has 1 aliphatic heterocycles. The Morgan fingerprint density at radius 1 is 1.40 bits per heavy atom. The summed E-state index contributed by atoms with van der Waals surface area (Å²) in [6.07, 6.45) is -0.616. The maximum atomic E-state index is 10.2. The van der Waals surface area contributed by atoms with Gasteiger partial charge in [0.2, 0.25) is 0 Å². The molecule has 0 saturated carbocycles. The average molecular weight is 146 g/mol. The molecule has 0 aliphatic carbocycles. The van der Waals surface area contributed by atoms with Crippen molar-refractivity contribution in [2.75, 3.05) is 6.61 Å². The first-order valence-corrected chi connectivity index (χ1v) is 2.70. The smallest absolute Gasteiger partial charge is 0.320 e. The molecule has 1 saturated heterocycles. The summed E-state index contributed by atoms with van der Waals surface area (Å²) in [4.78, 5) is 20.3. The summed E-state index contributed by atoms with van der Waals surface area (Å²) in [5.41, 5.74) is 0. The first-order valence-electron chi connectivity index (χ1n) is 2.70. The van der Waals surface area contributed by atoms with Crippen LogP contribution in [0.1, 0.15) is 0 Å². The summed E-state index contributed by atoms with van der Waals surface area (Å²) in [7, 11) is 0. The Morgan fingerprint density at radius 2 is 1.80 bits per heavy atom. The standard InChI is InChI=1S/C5H6O5/c6-4(7)3(5(8)9)2-1-10-2/h2-3H,1H2,(H,6,7)(H,8,9). The van der Waals surface area contributed by atoms with Crippen molar-refractivity contribution in [2.24, 2.45) is 5.92 Å². The van der Waals surface area contributed by atoms with Crippen LogP contribution >= 0.6 is 0 Å². The second kappa shape index (κ2) is 2.26. The molecule has 2 N–H and O–H groups in total. The van der Waals surface area contributed by atoms with Crippen LogP contribution in [0.25, 0.3) is 0 Å². The Hall–Kier alpha value is -1.10. The summed E-state index contributed by atoms with van der Waals surface area (Å²) in [6, 6.07) is 0. The van der Waals surface area contributed by atoms with Crippen molar-refractivity contribution in [1.29, 1.82) is 0 Å². The van der Waals surface area contributed by atoms with Crippen LogP contribution in [0.2, 0.25) is 0 Å². The molecule has 0 radical (unpaired) electrons. The maximum absolute atomic E-state index is 10.2. The zero-order valence-electron chi connectivity index (χ0n) is 4.98. The maximum Gasteiger partial charge on any atom is 0.320 e. The fourth-order valence-corrected chi connectivity index (χ4v) is 0.672. The van der Waals surface area contributed by atoms with Gasteiger partial charge in [0.05, 0.1) is 6.61 Å². The molecule has 0 amide bonds. The van der Waals surface area contributed by atoms with Crippen LogP contribution in [-0.4, -0.2) is 34.9 Å². The van der Waals surface area contributed by atoms with Crippen molar-refractivity contribution < 1.29 is 24.5 Å². The van der Waals surface area contributed by atoms with Crippen molar-refractivity contribution in [3.8, 4) is 0 Å². The summed E-state index contributed by atoms with van der Waals surface area (Å²) < 4.78 is 4.53. The molecular weight excluding hydrogens is 140 g/mol. The molecule has 1 fully saturated rings. The Labute approximate surface area is 56.2 Å². The van der Waals surface area contributed by atoms with Crippen molar-refractivity contribution in [3.05, 3.63) is 0 Å². The molecule has 5 heteroatoms. The van der Waals surface area contributed by atoms with E-state index in [1.54, 1.807) is 0 Å². The van der Waals surface area contributed by atoms with Crippen LogP contribution < -0.4 is 0 Å². The van der Waals surface area contributed by atoms with Crippen molar-refractivity contribution in [2.45, 2.75) is 6.10 Å². The summed E-state index contributed by atoms with van der Waals surface area (Å²) in [5.74, 6) is -4.06. The molecule has 1 aliphatic rings. The number of carboxylic acids is 2. The number of ether oxygens (including phenoxy) is 1. The lowest BCUT2D eigenvalue weighted by Crippen LogP contribution is -2.28. The molecule has 1 heterocycles. The van der Waals surface area contributed by atoms with E-state index >= 15 is 0 Å². The average Bonchev–Trinajstić information content (AvgIpc) is 2.46. The van der Waals surface area contributed by atoms with Gasteiger partial charge in [0.25, 0.3) is 0 Å². The van der Waals surface area contributed by atoms with Gasteiger partial charge in [0, 0.05) is 0 Å². The molecular formula is C5H6O5. The minimum absolute atomic E-state index is 0.239. The number of carbonyl (C=O) groups is 2. The first kappa shape index (κ1) is 7.01. The zero-order chi connectivity index (χ0) is 7.72. The Bertz CT molecular complexity index is 157. The molecule has 0 spiro atoms. The fourth-order valence-electron chi connectivity index (χ4n) is 0.672. The molecule has 1 unspecified atom stereocenters. The van der Waals surface area contributed by atoms with Gasteiger partial charge in [0.1, 0.15) is 6.10 Å². The second-order valence-corrected chi connectivity index (χ2v) is 2.03. The third-order valence-corrected chi connectivity index (χ3v) is 1.26. The molecule has 0 aromatic carbocycles. The summed E-state index contributed by atoms with van der Waals surface area (Å²) in [5, 5.41) is 16.6. The summed E-state index contributed by atoms with van der Waals surface area (Å²) >= 11 is 0. The Balaban J connectivity index is 2.58. The van der Waals surface area contributed by atoms with E-state index in [2.05, 4.69) is 4.74 Å². The molecule has 0 aromatic heterocycles. The van der Waals surface area contributed by atoms with Gasteiger partial charge in [0.15, 0.2) is 5.92 Å². The van der Waals surface area contributed by atoms with Gasteiger partial charge in [-0.05, 0) is 0 Å². The lowest BCUT2D eigenvalue weighted by atomic mass is 10.1. The highest BCUT2D eigenvalue weighted by atomic mass is 16.6.